The second kappa shape index (κ2) is 4.34. The number of rotatable bonds is 4. The molecule has 0 radical (unpaired) electrons. The Morgan fingerprint density at radius 3 is 2.79 bits per heavy atom. The minimum atomic E-state index is -3.66. The fraction of sp³-hybridized carbons (Fsp3) is 0.400. The first-order chi connectivity index (χ1) is 8.99. The Balaban J connectivity index is 1.95. The summed E-state index contributed by atoms with van der Waals surface area (Å²) in [6.45, 7) is 0. The molecule has 0 atom stereocenters. The SMILES string of the molecule is Cn1ncc(NS(=O)(=O)c2cn[nH]c2Br)c1C1CC1. The molecule has 19 heavy (non-hydrogen) atoms. The van der Waals surface area contributed by atoms with Gasteiger partial charge < -0.3 is 0 Å². The zero-order valence-electron chi connectivity index (χ0n) is 10.1. The minimum Gasteiger partial charge on any atom is -0.276 e. The molecule has 2 aromatic heterocycles. The third kappa shape index (κ3) is 2.27. The van der Waals surface area contributed by atoms with Gasteiger partial charge in [-0.25, -0.2) is 8.42 Å². The van der Waals surface area contributed by atoms with Gasteiger partial charge in [-0.2, -0.15) is 10.2 Å². The molecule has 2 heterocycles. The molecule has 2 aromatic rings. The second-order valence-electron chi connectivity index (χ2n) is 4.50. The fourth-order valence-electron chi connectivity index (χ4n) is 2.01. The molecule has 3 rings (SSSR count). The number of aromatic amines is 1. The van der Waals surface area contributed by atoms with Gasteiger partial charge in [-0.15, -0.1) is 0 Å². The Bertz CT molecular complexity index is 716. The van der Waals surface area contributed by atoms with Crippen molar-refractivity contribution in [2.45, 2.75) is 23.7 Å². The van der Waals surface area contributed by atoms with E-state index in [1.165, 1.54) is 6.20 Å². The van der Waals surface area contributed by atoms with E-state index in [0.29, 0.717) is 16.2 Å². The summed E-state index contributed by atoms with van der Waals surface area (Å²) in [4.78, 5) is 0.0816. The quantitative estimate of drug-likeness (QED) is 0.879. The van der Waals surface area contributed by atoms with Crippen LogP contribution < -0.4 is 4.72 Å². The fourth-order valence-corrected chi connectivity index (χ4v) is 3.89. The number of sulfonamides is 1. The predicted molar refractivity (Wildman–Crippen MR) is 72.3 cm³/mol. The summed E-state index contributed by atoms with van der Waals surface area (Å²) in [7, 11) is -1.84. The Morgan fingerprint density at radius 1 is 1.47 bits per heavy atom. The molecule has 0 amide bonds. The van der Waals surface area contributed by atoms with Gasteiger partial charge >= 0.3 is 0 Å². The largest absolute Gasteiger partial charge is 0.276 e. The number of anilines is 1. The highest BCUT2D eigenvalue weighted by Gasteiger charge is 2.31. The van der Waals surface area contributed by atoms with Gasteiger partial charge in [0.25, 0.3) is 10.0 Å². The number of nitrogens with zero attached hydrogens (tertiary/aromatic N) is 3. The van der Waals surface area contributed by atoms with E-state index >= 15 is 0 Å². The average Bonchev–Trinajstić information content (AvgIpc) is 2.96. The van der Waals surface area contributed by atoms with Crippen LogP contribution in [0.2, 0.25) is 0 Å². The van der Waals surface area contributed by atoms with Gasteiger partial charge in [0.05, 0.1) is 23.8 Å². The standard InChI is InChI=1S/C10H12BrN5O2S/c1-16-9(6-2-3-6)7(4-13-16)15-19(17,18)8-5-12-14-10(8)11/h4-6,15H,2-3H2,1H3,(H,12,14). The molecule has 102 valence electrons. The third-order valence-electron chi connectivity index (χ3n) is 3.04. The molecule has 0 saturated heterocycles. The maximum Gasteiger partial charge on any atom is 0.266 e. The Labute approximate surface area is 118 Å². The predicted octanol–water partition coefficient (Wildman–Crippen LogP) is 1.58. The van der Waals surface area contributed by atoms with Crippen LogP contribution >= 0.6 is 15.9 Å². The van der Waals surface area contributed by atoms with Crippen LogP contribution in [0.3, 0.4) is 0 Å². The number of hydrogen-bond acceptors (Lipinski definition) is 4. The van der Waals surface area contributed by atoms with Crippen LogP contribution in [0.5, 0.6) is 0 Å². The van der Waals surface area contributed by atoms with Crippen LogP contribution in [0.25, 0.3) is 0 Å². The van der Waals surface area contributed by atoms with Crippen molar-refractivity contribution in [1.29, 1.82) is 0 Å². The number of halogens is 1. The molecule has 0 unspecified atom stereocenters. The Morgan fingerprint density at radius 2 is 2.21 bits per heavy atom. The minimum absolute atomic E-state index is 0.0816. The molecule has 0 bridgehead atoms. The number of hydrogen-bond donors (Lipinski definition) is 2. The molecule has 9 heteroatoms. The first kappa shape index (κ1) is 12.7. The molecule has 1 fully saturated rings. The van der Waals surface area contributed by atoms with Crippen molar-refractivity contribution in [1.82, 2.24) is 20.0 Å². The summed E-state index contributed by atoms with van der Waals surface area (Å²) >= 11 is 3.12. The summed E-state index contributed by atoms with van der Waals surface area (Å²) in [5.74, 6) is 0.401. The van der Waals surface area contributed by atoms with Crippen molar-refractivity contribution in [2.75, 3.05) is 4.72 Å². The molecular weight excluding hydrogens is 334 g/mol. The van der Waals surface area contributed by atoms with Crippen LogP contribution in [-0.4, -0.2) is 28.4 Å². The van der Waals surface area contributed by atoms with E-state index in [0.717, 1.165) is 18.5 Å². The van der Waals surface area contributed by atoms with Gasteiger partial charge in [0.2, 0.25) is 0 Å². The van der Waals surface area contributed by atoms with Crippen molar-refractivity contribution < 1.29 is 8.42 Å². The van der Waals surface area contributed by atoms with E-state index in [-0.39, 0.29) is 4.90 Å². The lowest BCUT2D eigenvalue weighted by Gasteiger charge is -2.08. The van der Waals surface area contributed by atoms with Gasteiger partial charge in [0, 0.05) is 13.0 Å². The number of aryl methyl sites for hydroxylation is 1. The van der Waals surface area contributed by atoms with Gasteiger partial charge in [0.1, 0.15) is 9.50 Å². The molecular formula is C10H12BrN5O2S. The molecule has 7 nitrogen and oxygen atoms in total. The second-order valence-corrected chi connectivity index (χ2v) is 6.94. The lowest BCUT2D eigenvalue weighted by atomic mass is 10.2. The van der Waals surface area contributed by atoms with E-state index < -0.39 is 10.0 Å². The number of nitrogens with one attached hydrogen (secondary N) is 2. The zero-order valence-corrected chi connectivity index (χ0v) is 12.5. The highest BCUT2D eigenvalue weighted by molar-refractivity contribution is 9.10. The first-order valence-corrected chi connectivity index (χ1v) is 8.00. The molecule has 1 saturated carbocycles. The Kier molecular flexibility index (Phi) is 2.90. The van der Waals surface area contributed by atoms with Gasteiger partial charge in [-0.1, -0.05) is 0 Å². The van der Waals surface area contributed by atoms with Crippen LogP contribution in [0, 0.1) is 0 Å². The van der Waals surface area contributed by atoms with Crippen molar-refractivity contribution >= 4 is 31.6 Å². The van der Waals surface area contributed by atoms with Crippen molar-refractivity contribution in [3.8, 4) is 0 Å². The summed E-state index contributed by atoms with van der Waals surface area (Å²) in [5, 5.41) is 10.4. The van der Waals surface area contributed by atoms with E-state index in [2.05, 4.69) is 35.9 Å². The topological polar surface area (TPSA) is 92.7 Å². The van der Waals surface area contributed by atoms with E-state index in [4.69, 9.17) is 0 Å². The van der Waals surface area contributed by atoms with Crippen LogP contribution in [0.1, 0.15) is 24.5 Å². The molecule has 1 aliphatic rings. The van der Waals surface area contributed by atoms with Gasteiger partial charge in [0.15, 0.2) is 0 Å². The normalized spacial score (nSPS) is 15.7. The van der Waals surface area contributed by atoms with Crippen LogP contribution in [0.15, 0.2) is 21.9 Å². The van der Waals surface area contributed by atoms with E-state index in [9.17, 15) is 8.42 Å². The van der Waals surface area contributed by atoms with Crippen LogP contribution in [0.4, 0.5) is 5.69 Å². The van der Waals surface area contributed by atoms with Crippen molar-refractivity contribution in [3.05, 3.63) is 22.7 Å². The highest BCUT2D eigenvalue weighted by atomic mass is 79.9. The molecule has 0 aliphatic heterocycles. The number of H-pyrrole nitrogens is 1. The van der Waals surface area contributed by atoms with E-state index in [1.54, 1.807) is 10.9 Å². The average molecular weight is 346 g/mol. The summed E-state index contributed by atoms with van der Waals surface area (Å²) in [6.07, 6.45) is 4.95. The zero-order chi connectivity index (χ0) is 13.6. The third-order valence-corrected chi connectivity index (χ3v) is 5.29. The van der Waals surface area contributed by atoms with Gasteiger partial charge in [-0.05, 0) is 28.8 Å². The summed E-state index contributed by atoms with van der Waals surface area (Å²) in [6, 6.07) is 0. The maximum absolute atomic E-state index is 12.2. The summed E-state index contributed by atoms with van der Waals surface area (Å²) < 4.78 is 29.1. The molecule has 2 N–H and O–H groups in total. The van der Waals surface area contributed by atoms with Crippen LogP contribution in [-0.2, 0) is 17.1 Å². The molecule has 0 aromatic carbocycles. The van der Waals surface area contributed by atoms with E-state index in [1.807, 2.05) is 7.05 Å². The lowest BCUT2D eigenvalue weighted by molar-refractivity contribution is 0.600. The Hall–Kier alpha value is -1.35. The summed E-state index contributed by atoms with van der Waals surface area (Å²) in [5.41, 5.74) is 1.47. The molecule has 1 aliphatic carbocycles. The van der Waals surface area contributed by atoms with Crippen molar-refractivity contribution in [3.63, 3.8) is 0 Å². The maximum atomic E-state index is 12.2. The molecule has 0 spiro atoms. The highest BCUT2D eigenvalue weighted by Crippen LogP contribution is 2.43. The van der Waals surface area contributed by atoms with Gasteiger partial charge in [-0.3, -0.25) is 14.5 Å². The lowest BCUT2D eigenvalue weighted by Crippen LogP contribution is -2.14. The smallest absolute Gasteiger partial charge is 0.266 e. The van der Waals surface area contributed by atoms with Crippen molar-refractivity contribution in [2.24, 2.45) is 7.05 Å². The first-order valence-electron chi connectivity index (χ1n) is 5.72. The number of aromatic nitrogens is 4. The monoisotopic (exact) mass is 345 g/mol.